The summed E-state index contributed by atoms with van der Waals surface area (Å²) in [5.74, 6) is -0.765. The Kier molecular flexibility index (Phi) is 5.50. The van der Waals surface area contributed by atoms with Crippen LogP contribution in [0.5, 0.6) is 5.75 Å². The fourth-order valence-corrected chi connectivity index (χ4v) is 2.46. The molecule has 10 heteroatoms. The summed E-state index contributed by atoms with van der Waals surface area (Å²) >= 11 is 1.07. The molecule has 0 spiro atoms. The minimum Gasteiger partial charge on any atom is -0.406 e. The number of thioether (sulfide) groups is 1. The van der Waals surface area contributed by atoms with E-state index in [1.807, 2.05) is 0 Å². The van der Waals surface area contributed by atoms with E-state index in [9.17, 15) is 22.8 Å². The van der Waals surface area contributed by atoms with Gasteiger partial charge in [0.05, 0.1) is 5.75 Å². The number of halogens is 3. The fraction of sp³-hybridized carbons (Fsp3) is 0.214. The second-order valence-corrected chi connectivity index (χ2v) is 5.61. The number of hydrogen-bond acceptors (Lipinski definition) is 5. The lowest BCUT2D eigenvalue weighted by Gasteiger charge is -2.09. The number of nitrogens with zero attached hydrogens (tertiary/aromatic N) is 1. The molecule has 1 aromatic carbocycles. The maximum absolute atomic E-state index is 12.0. The summed E-state index contributed by atoms with van der Waals surface area (Å²) in [5, 5.41) is 2.92. The van der Waals surface area contributed by atoms with Crippen LogP contribution in [0.25, 0.3) is 0 Å². The van der Waals surface area contributed by atoms with Crippen molar-refractivity contribution < 1.29 is 22.7 Å². The van der Waals surface area contributed by atoms with Gasteiger partial charge in [0.1, 0.15) is 10.8 Å². The number of anilines is 1. The van der Waals surface area contributed by atoms with E-state index < -0.39 is 12.1 Å². The summed E-state index contributed by atoms with van der Waals surface area (Å²) < 4.78 is 39.9. The van der Waals surface area contributed by atoms with Crippen LogP contribution in [0.4, 0.5) is 18.9 Å². The van der Waals surface area contributed by atoms with Gasteiger partial charge in [0.25, 0.3) is 0 Å². The smallest absolute Gasteiger partial charge is 0.406 e. The van der Waals surface area contributed by atoms with Crippen LogP contribution >= 0.6 is 11.8 Å². The first kappa shape index (κ1) is 17.9. The summed E-state index contributed by atoms with van der Waals surface area (Å²) in [6.45, 7) is 1.69. The Morgan fingerprint density at radius 1 is 1.33 bits per heavy atom. The number of rotatable bonds is 5. The summed E-state index contributed by atoms with van der Waals surface area (Å²) in [6.07, 6.45) is -4.76. The minimum atomic E-state index is -4.76. The lowest BCUT2D eigenvalue weighted by molar-refractivity contribution is -0.274. The summed E-state index contributed by atoms with van der Waals surface area (Å²) in [4.78, 5) is 29.2. The van der Waals surface area contributed by atoms with E-state index in [0.717, 1.165) is 23.9 Å². The number of carbonyl (C=O) groups is 1. The largest absolute Gasteiger partial charge is 0.573 e. The second kappa shape index (κ2) is 7.39. The molecule has 0 atom stereocenters. The van der Waals surface area contributed by atoms with E-state index in [4.69, 9.17) is 0 Å². The average molecular weight is 359 g/mol. The first-order valence-corrected chi connectivity index (χ1v) is 7.56. The first-order valence-electron chi connectivity index (χ1n) is 6.58. The van der Waals surface area contributed by atoms with Crippen molar-refractivity contribution in [1.29, 1.82) is 0 Å². The normalized spacial score (nSPS) is 11.2. The quantitative estimate of drug-likeness (QED) is 0.633. The number of benzene rings is 1. The molecule has 0 saturated carbocycles. The Morgan fingerprint density at radius 3 is 2.58 bits per heavy atom. The van der Waals surface area contributed by atoms with Crippen LogP contribution in [0, 0.1) is 6.92 Å². The van der Waals surface area contributed by atoms with Crippen LogP contribution in [-0.2, 0) is 4.79 Å². The van der Waals surface area contributed by atoms with Crippen molar-refractivity contribution >= 4 is 23.4 Å². The fourth-order valence-electron chi connectivity index (χ4n) is 1.70. The average Bonchev–Trinajstić information content (AvgIpc) is 2.45. The van der Waals surface area contributed by atoms with Crippen LogP contribution < -0.4 is 15.7 Å². The molecule has 0 fully saturated rings. The van der Waals surface area contributed by atoms with Gasteiger partial charge < -0.3 is 15.0 Å². The summed E-state index contributed by atoms with van der Waals surface area (Å²) in [5.41, 5.74) is 0.446. The minimum absolute atomic E-state index is 0.00328. The molecule has 0 aliphatic carbocycles. The molecule has 2 rings (SSSR count). The van der Waals surface area contributed by atoms with Crippen molar-refractivity contribution in [2.24, 2.45) is 0 Å². The Balaban J connectivity index is 1.89. The van der Waals surface area contributed by atoms with Gasteiger partial charge in [-0.25, -0.2) is 4.79 Å². The number of amides is 1. The molecule has 128 valence electrons. The number of aromatic nitrogens is 2. The van der Waals surface area contributed by atoms with Crippen molar-refractivity contribution in [2.45, 2.75) is 18.3 Å². The Morgan fingerprint density at radius 2 is 2.00 bits per heavy atom. The zero-order valence-corrected chi connectivity index (χ0v) is 13.1. The molecule has 2 aromatic rings. The van der Waals surface area contributed by atoms with E-state index in [1.165, 1.54) is 12.1 Å². The van der Waals surface area contributed by atoms with Crippen molar-refractivity contribution in [3.8, 4) is 5.75 Å². The summed E-state index contributed by atoms with van der Waals surface area (Å²) in [6, 6.07) is 6.40. The number of ether oxygens (including phenoxy) is 1. The van der Waals surface area contributed by atoms with Gasteiger partial charge in [0.2, 0.25) is 5.91 Å². The first-order chi connectivity index (χ1) is 11.2. The predicted molar refractivity (Wildman–Crippen MR) is 82.1 cm³/mol. The molecule has 24 heavy (non-hydrogen) atoms. The standard InChI is InChI=1S/C14H12F3N3O3S/c1-8-6-12(20-13(22)18-8)24-7-11(21)19-9-2-4-10(5-3-9)23-14(15,16)17/h2-6H,7H2,1H3,(H,19,21)(H,18,20,22). The number of aryl methyl sites for hydroxylation is 1. The van der Waals surface area contributed by atoms with E-state index >= 15 is 0 Å². The van der Waals surface area contributed by atoms with Gasteiger partial charge in [-0.1, -0.05) is 11.8 Å². The highest BCUT2D eigenvalue weighted by molar-refractivity contribution is 7.99. The molecule has 0 radical (unpaired) electrons. The summed E-state index contributed by atoms with van der Waals surface area (Å²) in [7, 11) is 0. The molecular formula is C14H12F3N3O3S. The molecule has 0 aliphatic heterocycles. The van der Waals surface area contributed by atoms with E-state index in [2.05, 4.69) is 20.0 Å². The molecule has 0 unspecified atom stereocenters. The Labute approximate surface area is 138 Å². The third kappa shape index (κ3) is 5.95. The maximum atomic E-state index is 12.0. The number of carbonyl (C=O) groups excluding carboxylic acids is 1. The molecular weight excluding hydrogens is 347 g/mol. The molecule has 1 aromatic heterocycles. The van der Waals surface area contributed by atoms with Crippen molar-refractivity contribution in [3.63, 3.8) is 0 Å². The number of aromatic amines is 1. The van der Waals surface area contributed by atoms with Crippen LogP contribution in [-0.4, -0.2) is 28.0 Å². The zero-order valence-electron chi connectivity index (χ0n) is 12.3. The van der Waals surface area contributed by atoms with Gasteiger partial charge in [0, 0.05) is 11.4 Å². The maximum Gasteiger partial charge on any atom is 0.573 e. The molecule has 1 heterocycles. The van der Waals surface area contributed by atoms with Crippen LogP contribution in [0.3, 0.4) is 0 Å². The third-order valence-electron chi connectivity index (χ3n) is 2.58. The Bertz CT molecular complexity index is 775. The highest BCUT2D eigenvalue weighted by Crippen LogP contribution is 2.24. The number of nitrogens with one attached hydrogen (secondary N) is 2. The van der Waals surface area contributed by atoms with Gasteiger partial charge >= 0.3 is 12.1 Å². The van der Waals surface area contributed by atoms with Gasteiger partial charge in [-0.05, 0) is 37.3 Å². The van der Waals surface area contributed by atoms with Crippen molar-refractivity contribution in [1.82, 2.24) is 9.97 Å². The van der Waals surface area contributed by atoms with Gasteiger partial charge in [-0.2, -0.15) is 4.98 Å². The van der Waals surface area contributed by atoms with Crippen LogP contribution in [0.15, 0.2) is 40.2 Å². The molecule has 0 bridgehead atoms. The molecule has 6 nitrogen and oxygen atoms in total. The highest BCUT2D eigenvalue weighted by atomic mass is 32.2. The molecule has 1 amide bonds. The zero-order chi connectivity index (χ0) is 17.7. The molecule has 2 N–H and O–H groups in total. The second-order valence-electron chi connectivity index (χ2n) is 4.62. The van der Waals surface area contributed by atoms with E-state index in [1.54, 1.807) is 13.0 Å². The predicted octanol–water partition coefficient (Wildman–Crippen LogP) is 2.71. The van der Waals surface area contributed by atoms with Gasteiger partial charge in [-0.3, -0.25) is 4.79 Å². The molecule has 0 saturated heterocycles. The molecule has 0 aliphatic rings. The van der Waals surface area contributed by atoms with Gasteiger partial charge in [-0.15, -0.1) is 13.2 Å². The van der Waals surface area contributed by atoms with Crippen molar-refractivity contribution in [2.75, 3.05) is 11.1 Å². The van der Waals surface area contributed by atoms with E-state index in [0.29, 0.717) is 16.4 Å². The van der Waals surface area contributed by atoms with Crippen molar-refractivity contribution in [3.05, 3.63) is 46.5 Å². The van der Waals surface area contributed by atoms with Gasteiger partial charge in [0.15, 0.2) is 0 Å². The third-order valence-corrected chi connectivity index (χ3v) is 3.49. The van der Waals surface area contributed by atoms with E-state index in [-0.39, 0.29) is 17.4 Å². The topological polar surface area (TPSA) is 84.1 Å². The lowest BCUT2D eigenvalue weighted by atomic mass is 10.3. The number of hydrogen-bond donors (Lipinski definition) is 2. The van der Waals surface area contributed by atoms with Crippen LogP contribution in [0.1, 0.15) is 5.69 Å². The lowest BCUT2D eigenvalue weighted by Crippen LogP contribution is -2.17. The SMILES string of the molecule is Cc1cc(SCC(=O)Nc2ccc(OC(F)(F)F)cc2)nc(=O)[nH]1. The Hall–Kier alpha value is -2.49. The van der Waals surface area contributed by atoms with Crippen LogP contribution in [0.2, 0.25) is 0 Å². The number of alkyl halides is 3. The monoisotopic (exact) mass is 359 g/mol. The number of H-pyrrole nitrogens is 1. The highest BCUT2D eigenvalue weighted by Gasteiger charge is 2.30.